The van der Waals surface area contributed by atoms with Crippen molar-refractivity contribution in [3.05, 3.63) is 36.4 Å². The molecule has 2 aromatic rings. The van der Waals surface area contributed by atoms with Gasteiger partial charge in [0.25, 0.3) is 0 Å². The smallest absolute Gasteiger partial charge is 0.202 e. The second kappa shape index (κ2) is 11.5. The average Bonchev–Trinajstić information content (AvgIpc) is 3.67. The molecular formula is C30H44N8. The van der Waals surface area contributed by atoms with Gasteiger partial charge in [0.15, 0.2) is 0 Å². The predicted octanol–water partition coefficient (Wildman–Crippen LogP) is 3.50. The molecule has 4 saturated heterocycles. The summed E-state index contributed by atoms with van der Waals surface area (Å²) in [7, 11) is 4.44. The molecule has 38 heavy (non-hydrogen) atoms. The molecule has 0 aromatic heterocycles. The van der Waals surface area contributed by atoms with E-state index in [0.717, 1.165) is 95.9 Å². The number of benzene rings is 2. The molecule has 6 rings (SSSR count). The second-order valence-electron chi connectivity index (χ2n) is 11.4. The summed E-state index contributed by atoms with van der Waals surface area (Å²) in [5.74, 6) is 2.31. The van der Waals surface area contributed by atoms with E-state index in [1.54, 1.807) is 0 Å². The molecule has 2 aromatic carbocycles. The number of fused-ring (bicyclic) bond motifs is 1. The molecule has 4 aliphatic rings. The number of piperazine rings is 2. The fraction of sp³-hybridized carbons (Fsp3) is 0.600. The van der Waals surface area contributed by atoms with Crippen molar-refractivity contribution >= 4 is 34.1 Å². The van der Waals surface area contributed by atoms with Crippen LogP contribution in [0.5, 0.6) is 0 Å². The summed E-state index contributed by atoms with van der Waals surface area (Å²) in [6, 6.07) is 13.1. The minimum atomic E-state index is 1.02. The Morgan fingerprint density at radius 2 is 0.868 bits per heavy atom. The lowest BCUT2D eigenvalue weighted by molar-refractivity contribution is 0.168. The van der Waals surface area contributed by atoms with Crippen molar-refractivity contribution in [1.82, 2.24) is 29.4 Å². The highest BCUT2D eigenvalue weighted by Gasteiger charge is 2.27. The molecule has 0 unspecified atom stereocenters. The number of guanidine groups is 2. The number of rotatable bonds is 2. The number of aliphatic imine (C=N–C) groups is 2. The summed E-state index contributed by atoms with van der Waals surface area (Å²) in [5, 5.41) is 2.39. The van der Waals surface area contributed by atoms with Crippen LogP contribution in [0.3, 0.4) is 0 Å². The zero-order valence-electron chi connectivity index (χ0n) is 23.4. The normalized spacial score (nSPS) is 21.4. The number of nitrogens with zero attached hydrogens (tertiary/aromatic N) is 8. The first-order valence-corrected chi connectivity index (χ1v) is 14.7. The van der Waals surface area contributed by atoms with E-state index < -0.39 is 0 Å². The van der Waals surface area contributed by atoms with Crippen LogP contribution in [0.4, 0.5) is 11.4 Å². The first-order chi connectivity index (χ1) is 18.7. The maximum absolute atomic E-state index is 5.48. The van der Waals surface area contributed by atoms with Gasteiger partial charge in [0, 0.05) is 83.9 Å². The molecule has 4 aliphatic heterocycles. The zero-order chi connectivity index (χ0) is 25.9. The minimum Gasteiger partial charge on any atom is -0.343 e. The van der Waals surface area contributed by atoms with E-state index in [2.05, 4.69) is 79.9 Å². The third-order valence-corrected chi connectivity index (χ3v) is 8.65. The second-order valence-corrected chi connectivity index (χ2v) is 11.4. The van der Waals surface area contributed by atoms with E-state index in [1.165, 1.54) is 42.4 Å². The topological polar surface area (TPSA) is 44.2 Å². The molecule has 0 aliphatic carbocycles. The van der Waals surface area contributed by atoms with Crippen LogP contribution in [0.1, 0.15) is 25.7 Å². The van der Waals surface area contributed by atoms with Gasteiger partial charge in [-0.1, -0.05) is 24.3 Å². The van der Waals surface area contributed by atoms with Crippen molar-refractivity contribution < 1.29 is 0 Å². The van der Waals surface area contributed by atoms with Crippen molar-refractivity contribution in [2.75, 3.05) is 92.6 Å². The van der Waals surface area contributed by atoms with E-state index in [0.29, 0.717) is 0 Å². The van der Waals surface area contributed by atoms with Crippen molar-refractivity contribution in [3.63, 3.8) is 0 Å². The molecule has 0 amide bonds. The van der Waals surface area contributed by atoms with E-state index in [1.807, 2.05) is 0 Å². The molecule has 0 radical (unpaired) electrons. The molecule has 4 heterocycles. The Balaban J connectivity index is 1.43. The van der Waals surface area contributed by atoms with Crippen molar-refractivity contribution in [3.8, 4) is 0 Å². The fourth-order valence-corrected chi connectivity index (χ4v) is 6.23. The Hall–Kier alpha value is -2.84. The highest BCUT2D eigenvalue weighted by Crippen LogP contribution is 2.36. The average molecular weight is 517 g/mol. The standard InChI is InChI=1S/C30H44N8/c1-33-17-21-37(22-18-33)30(38-23-19-34(2)20-24-38)32-27-12-8-10-25-9-7-11-26(28(25)27)31-29(35-13-3-4-14-35)36-15-5-6-16-36/h7-12H,3-6,13-24H2,1-2H3. The number of hydrogen-bond donors (Lipinski definition) is 0. The SMILES string of the molecule is CN1CCN(C(=Nc2cccc3cccc(N=C(N4CCCC4)N4CCCC4)c23)N2CCN(C)CC2)CC1. The zero-order valence-corrected chi connectivity index (χ0v) is 23.4. The van der Waals surface area contributed by atoms with E-state index in [4.69, 9.17) is 9.98 Å². The van der Waals surface area contributed by atoms with Crippen LogP contribution in [0.25, 0.3) is 10.8 Å². The summed E-state index contributed by atoms with van der Waals surface area (Å²) in [6.07, 6.45) is 5.05. The van der Waals surface area contributed by atoms with Gasteiger partial charge >= 0.3 is 0 Å². The van der Waals surface area contributed by atoms with Gasteiger partial charge < -0.3 is 29.4 Å². The monoisotopic (exact) mass is 516 g/mol. The van der Waals surface area contributed by atoms with E-state index >= 15 is 0 Å². The van der Waals surface area contributed by atoms with Crippen molar-refractivity contribution in [2.45, 2.75) is 25.7 Å². The molecule has 8 nitrogen and oxygen atoms in total. The van der Waals surface area contributed by atoms with E-state index in [9.17, 15) is 0 Å². The minimum absolute atomic E-state index is 1.02. The molecule has 4 fully saturated rings. The first kappa shape index (κ1) is 25.4. The lowest BCUT2D eigenvalue weighted by Crippen LogP contribution is -2.56. The van der Waals surface area contributed by atoms with Crippen LogP contribution in [0.15, 0.2) is 46.4 Å². The lowest BCUT2D eigenvalue weighted by Gasteiger charge is -2.41. The Morgan fingerprint density at radius 3 is 1.26 bits per heavy atom. The first-order valence-electron chi connectivity index (χ1n) is 14.7. The van der Waals surface area contributed by atoms with Gasteiger partial charge in [-0.05, 0) is 57.3 Å². The van der Waals surface area contributed by atoms with Crippen LogP contribution < -0.4 is 0 Å². The van der Waals surface area contributed by atoms with Crippen LogP contribution in [-0.2, 0) is 0 Å². The van der Waals surface area contributed by atoms with Gasteiger partial charge in [0.2, 0.25) is 11.9 Å². The molecule has 0 N–H and O–H groups in total. The van der Waals surface area contributed by atoms with Crippen LogP contribution in [-0.4, -0.2) is 134 Å². The van der Waals surface area contributed by atoms with Crippen LogP contribution in [0, 0.1) is 0 Å². The van der Waals surface area contributed by atoms with Gasteiger partial charge in [-0.25, -0.2) is 9.98 Å². The van der Waals surface area contributed by atoms with Gasteiger partial charge in [0.05, 0.1) is 11.4 Å². The molecule has 0 bridgehead atoms. The van der Waals surface area contributed by atoms with Gasteiger partial charge in [-0.2, -0.15) is 0 Å². The van der Waals surface area contributed by atoms with Gasteiger partial charge in [-0.3, -0.25) is 0 Å². The summed E-state index contributed by atoms with van der Waals surface area (Å²) in [4.78, 5) is 25.8. The maximum Gasteiger partial charge on any atom is 0.202 e. The quantitative estimate of drug-likeness (QED) is 0.450. The van der Waals surface area contributed by atoms with Crippen molar-refractivity contribution in [1.29, 1.82) is 0 Å². The molecule has 0 spiro atoms. The van der Waals surface area contributed by atoms with Gasteiger partial charge in [-0.15, -0.1) is 0 Å². The molecule has 8 heteroatoms. The number of likely N-dealkylation sites (tertiary alicyclic amines) is 2. The summed E-state index contributed by atoms with van der Waals surface area (Å²) >= 11 is 0. The highest BCUT2D eigenvalue weighted by molar-refractivity contribution is 6.04. The summed E-state index contributed by atoms with van der Waals surface area (Å²) < 4.78 is 0. The fourth-order valence-electron chi connectivity index (χ4n) is 6.23. The lowest BCUT2D eigenvalue weighted by atomic mass is 10.1. The molecule has 0 saturated carbocycles. The Morgan fingerprint density at radius 1 is 0.500 bits per heavy atom. The van der Waals surface area contributed by atoms with Crippen molar-refractivity contribution in [2.24, 2.45) is 9.98 Å². The summed E-state index contributed by atoms with van der Waals surface area (Å²) in [5.41, 5.74) is 2.09. The summed E-state index contributed by atoms with van der Waals surface area (Å²) in [6.45, 7) is 12.8. The van der Waals surface area contributed by atoms with Gasteiger partial charge in [0.1, 0.15) is 0 Å². The number of hydrogen-bond acceptors (Lipinski definition) is 4. The van der Waals surface area contributed by atoms with E-state index in [-0.39, 0.29) is 0 Å². The third-order valence-electron chi connectivity index (χ3n) is 8.65. The van der Waals surface area contributed by atoms with Crippen LogP contribution in [0.2, 0.25) is 0 Å². The largest absolute Gasteiger partial charge is 0.343 e. The highest BCUT2D eigenvalue weighted by atomic mass is 15.4. The molecule has 204 valence electrons. The maximum atomic E-state index is 5.48. The molecular weight excluding hydrogens is 472 g/mol. The third kappa shape index (κ3) is 5.47. The Kier molecular flexibility index (Phi) is 7.70. The number of likely N-dealkylation sites (N-methyl/N-ethyl adjacent to an activating group) is 2. The Bertz CT molecular complexity index is 1100. The molecule has 0 atom stereocenters. The predicted molar refractivity (Wildman–Crippen MR) is 158 cm³/mol. The Labute approximate surface area is 228 Å². The van der Waals surface area contributed by atoms with Crippen LogP contribution >= 0.6 is 0 Å².